The summed E-state index contributed by atoms with van der Waals surface area (Å²) in [4.78, 5) is 51.3. The molecule has 0 aromatic heterocycles. The summed E-state index contributed by atoms with van der Waals surface area (Å²) in [6, 6.07) is 7.72. The molecule has 11 heteroatoms. The van der Waals surface area contributed by atoms with Gasteiger partial charge in [-0.3, -0.25) is 10.2 Å². The molecule has 1 aromatic carbocycles. The molecule has 0 radical (unpaired) electrons. The summed E-state index contributed by atoms with van der Waals surface area (Å²) in [6.45, 7) is 5.17. The number of nitrogens with zero attached hydrogens (tertiary/aromatic N) is 1. The fourth-order valence-corrected chi connectivity index (χ4v) is 4.18. The summed E-state index contributed by atoms with van der Waals surface area (Å²) in [6.07, 6.45) is -0.617. The van der Waals surface area contributed by atoms with Gasteiger partial charge in [0.15, 0.2) is 0 Å². The van der Waals surface area contributed by atoms with Crippen molar-refractivity contribution in [2.24, 2.45) is 0 Å². The fourth-order valence-electron chi connectivity index (χ4n) is 3.54. The molecule has 1 aliphatic heterocycles. The first-order chi connectivity index (χ1) is 16.5. The molecule has 10 nitrogen and oxygen atoms in total. The third-order valence-corrected chi connectivity index (χ3v) is 5.82. The largest absolute Gasteiger partial charge is 0.467 e. The van der Waals surface area contributed by atoms with Crippen molar-refractivity contribution in [2.45, 2.75) is 64.3 Å². The molecular formula is C24H31BrN2O8. The smallest absolute Gasteiger partial charge is 0.412 e. The van der Waals surface area contributed by atoms with Crippen molar-refractivity contribution < 1.29 is 38.1 Å². The van der Waals surface area contributed by atoms with E-state index in [0.717, 1.165) is 5.56 Å². The van der Waals surface area contributed by atoms with Crippen LogP contribution in [0.5, 0.6) is 0 Å². The lowest BCUT2D eigenvalue weighted by Crippen LogP contribution is -2.47. The van der Waals surface area contributed by atoms with Crippen molar-refractivity contribution in [1.82, 2.24) is 10.2 Å². The van der Waals surface area contributed by atoms with E-state index >= 15 is 0 Å². The van der Waals surface area contributed by atoms with Gasteiger partial charge in [0.05, 0.1) is 14.2 Å². The summed E-state index contributed by atoms with van der Waals surface area (Å²) in [7, 11) is 2.43. The maximum Gasteiger partial charge on any atom is 0.412 e. The van der Waals surface area contributed by atoms with E-state index in [9.17, 15) is 19.2 Å². The minimum atomic E-state index is -0.853. The van der Waals surface area contributed by atoms with Gasteiger partial charge >= 0.3 is 24.1 Å². The zero-order valence-electron chi connectivity index (χ0n) is 20.5. The van der Waals surface area contributed by atoms with Gasteiger partial charge < -0.3 is 18.9 Å². The predicted octanol–water partition coefficient (Wildman–Crippen LogP) is 4.02. The molecule has 35 heavy (non-hydrogen) atoms. The van der Waals surface area contributed by atoms with E-state index in [2.05, 4.69) is 21.2 Å². The summed E-state index contributed by atoms with van der Waals surface area (Å²) in [5.41, 5.74) is -0.173. The van der Waals surface area contributed by atoms with E-state index in [-0.39, 0.29) is 23.2 Å². The van der Waals surface area contributed by atoms with Crippen molar-refractivity contribution in [1.29, 1.82) is 0 Å². The minimum Gasteiger partial charge on any atom is -0.467 e. The van der Waals surface area contributed by atoms with Crippen LogP contribution in [0, 0.1) is 0 Å². The van der Waals surface area contributed by atoms with E-state index in [1.807, 2.05) is 18.2 Å². The number of halogens is 1. The Bertz CT molecular complexity index is 958. The molecule has 0 saturated carbocycles. The second-order valence-corrected chi connectivity index (χ2v) is 9.78. The van der Waals surface area contributed by atoms with Crippen LogP contribution in [0.3, 0.4) is 0 Å². The number of alkyl carbamates (subject to hydrolysis) is 1. The van der Waals surface area contributed by atoms with Crippen molar-refractivity contribution >= 4 is 40.1 Å². The van der Waals surface area contributed by atoms with Crippen molar-refractivity contribution in [3.63, 3.8) is 0 Å². The number of ether oxygens (including phenoxy) is 4. The van der Waals surface area contributed by atoms with Gasteiger partial charge in [0.1, 0.15) is 23.9 Å². The Kier molecular flexibility index (Phi) is 10.1. The molecule has 1 saturated heterocycles. The Hall–Kier alpha value is -3.08. The number of methoxy groups -OCH3 is 2. The van der Waals surface area contributed by atoms with Gasteiger partial charge in [0.2, 0.25) is 0 Å². The molecule has 1 fully saturated rings. The second kappa shape index (κ2) is 12.6. The highest BCUT2D eigenvalue weighted by molar-refractivity contribution is 9.11. The molecule has 1 aromatic rings. The van der Waals surface area contributed by atoms with Crippen LogP contribution < -0.4 is 5.32 Å². The monoisotopic (exact) mass is 554 g/mol. The van der Waals surface area contributed by atoms with Crippen LogP contribution in [0.4, 0.5) is 9.59 Å². The summed E-state index contributed by atoms with van der Waals surface area (Å²) >= 11 is 3.35. The van der Waals surface area contributed by atoms with Gasteiger partial charge in [0.25, 0.3) is 0 Å². The van der Waals surface area contributed by atoms with Gasteiger partial charge in [0, 0.05) is 16.9 Å². The summed E-state index contributed by atoms with van der Waals surface area (Å²) in [5, 5.41) is 2.41. The van der Waals surface area contributed by atoms with E-state index in [4.69, 9.17) is 18.9 Å². The lowest BCUT2D eigenvalue weighted by Gasteiger charge is -2.31. The van der Waals surface area contributed by atoms with E-state index in [0.29, 0.717) is 12.8 Å². The van der Waals surface area contributed by atoms with Crippen LogP contribution in [0.2, 0.25) is 0 Å². The standard InChI is InChI=1S/C24H31BrN2O8/c1-24(2,3)35-23(31)27-16(11-12-18(27)20(28)32-4)13-17(25)19(21(29)33-5)26-22(30)34-14-15-9-7-6-8-10-15/h6-10,16,18H,11-14H2,1-5H3,(H,26,30)/b19-17-/t16-,18-/m0/s1. The molecule has 2 atom stereocenters. The molecule has 2 rings (SSSR count). The van der Waals surface area contributed by atoms with Gasteiger partial charge in [-0.1, -0.05) is 46.3 Å². The van der Waals surface area contributed by atoms with Crippen molar-refractivity contribution in [3.8, 4) is 0 Å². The lowest BCUT2D eigenvalue weighted by atomic mass is 10.1. The van der Waals surface area contributed by atoms with Gasteiger partial charge in [-0.25, -0.2) is 19.2 Å². The predicted molar refractivity (Wildman–Crippen MR) is 129 cm³/mol. The maximum absolute atomic E-state index is 12.9. The molecular weight excluding hydrogens is 524 g/mol. The normalized spacial score (nSPS) is 18.3. The van der Waals surface area contributed by atoms with Crippen LogP contribution in [-0.2, 0) is 35.1 Å². The molecule has 0 unspecified atom stereocenters. The van der Waals surface area contributed by atoms with Crippen LogP contribution in [0.25, 0.3) is 0 Å². The molecule has 0 aliphatic carbocycles. The highest BCUT2D eigenvalue weighted by Crippen LogP contribution is 2.33. The van der Waals surface area contributed by atoms with Crippen LogP contribution >= 0.6 is 15.9 Å². The number of carbonyl (C=O) groups is 4. The van der Waals surface area contributed by atoms with Crippen LogP contribution in [0.15, 0.2) is 40.5 Å². The third-order valence-electron chi connectivity index (χ3n) is 5.10. The zero-order chi connectivity index (χ0) is 26.2. The molecule has 1 aliphatic rings. The maximum atomic E-state index is 12.9. The van der Waals surface area contributed by atoms with Crippen LogP contribution in [0.1, 0.15) is 45.6 Å². The zero-order valence-corrected chi connectivity index (χ0v) is 22.0. The lowest BCUT2D eigenvalue weighted by molar-refractivity contribution is -0.146. The topological polar surface area (TPSA) is 120 Å². The fraction of sp³-hybridized carbons (Fsp3) is 0.500. The Morgan fingerprint density at radius 2 is 1.71 bits per heavy atom. The molecule has 1 N–H and O–H groups in total. The first-order valence-electron chi connectivity index (χ1n) is 11.0. The number of hydrogen-bond donors (Lipinski definition) is 1. The number of amides is 2. The Balaban J connectivity index is 2.21. The molecule has 192 valence electrons. The summed E-state index contributed by atoms with van der Waals surface area (Å²) in [5.74, 6) is -1.37. The Morgan fingerprint density at radius 3 is 2.29 bits per heavy atom. The van der Waals surface area contributed by atoms with Crippen molar-refractivity contribution in [2.75, 3.05) is 14.2 Å². The number of nitrogens with one attached hydrogen (secondary N) is 1. The summed E-state index contributed by atoms with van der Waals surface area (Å²) < 4.78 is 20.6. The Labute approximate surface area is 213 Å². The van der Waals surface area contributed by atoms with Crippen LogP contribution in [-0.4, -0.2) is 60.9 Å². The van der Waals surface area contributed by atoms with Gasteiger partial charge in [-0.2, -0.15) is 0 Å². The minimum absolute atomic E-state index is 0.00853. The SMILES string of the molecule is COC(=O)/C(NC(=O)OCc1ccccc1)=C(/Br)C[C@@H]1CC[C@@H](C(=O)OC)N1C(=O)OC(C)(C)C. The van der Waals surface area contributed by atoms with Crippen molar-refractivity contribution in [3.05, 3.63) is 46.1 Å². The number of hydrogen-bond acceptors (Lipinski definition) is 8. The Morgan fingerprint density at radius 1 is 1.06 bits per heavy atom. The number of benzene rings is 1. The molecule has 2 amide bonds. The first kappa shape index (κ1) is 28.2. The molecule has 0 spiro atoms. The molecule has 0 bridgehead atoms. The number of likely N-dealkylation sites (tertiary alicyclic amines) is 1. The quantitative estimate of drug-likeness (QED) is 0.304. The average molecular weight is 555 g/mol. The third kappa shape index (κ3) is 8.27. The van der Waals surface area contributed by atoms with E-state index < -0.39 is 41.8 Å². The highest BCUT2D eigenvalue weighted by Gasteiger charge is 2.44. The number of rotatable bonds is 7. The van der Waals surface area contributed by atoms with Gasteiger partial charge in [-0.15, -0.1) is 0 Å². The first-order valence-corrected chi connectivity index (χ1v) is 11.8. The van der Waals surface area contributed by atoms with E-state index in [1.54, 1.807) is 32.9 Å². The number of esters is 2. The van der Waals surface area contributed by atoms with Gasteiger partial charge in [-0.05, 0) is 39.2 Å². The average Bonchev–Trinajstić information content (AvgIpc) is 3.23. The molecule has 1 heterocycles. The van der Waals surface area contributed by atoms with E-state index in [1.165, 1.54) is 19.1 Å². The number of carbonyl (C=O) groups excluding carboxylic acids is 4. The highest BCUT2D eigenvalue weighted by atomic mass is 79.9. The second-order valence-electron chi connectivity index (χ2n) is 8.82.